The van der Waals surface area contributed by atoms with Crippen LogP contribution in [0.1, 0.15) is 118 Å². The summed E-state index contributed by atoms with van der Waals surface area (Å²) in [6, 6.07) is 0. The van der Waals surface area contributed by atoms with Crippen molar-refractivity contribution in [1.29, 1.82) is 0 Å². The quantitative estimate of drug-likeness (QED) is 0.317. The summed E-state index contributed by atoms with van der Waals surface area (Å²) >= 11 is 0. The Hall–Kier alpha value is 0. The third-order valence-corrected chi connectivity index (χ3v) is 3.41. The molecule has 0 amide bonds. The third kappa shape index (κ3) is 25.0. The minimum Gasteiger partial charge on any atom is -0.0654 e. The van der Waals surface area contributed by atoms with Crippen molar-refractivity contribution < 1.29 is 0 Å². The topological polar surface area (TPSA) is 0 Å². The first kappa shape index (κ1) is 20.3. The molecular weight excluding hydrogens is 216 g/mol. The molecule has 0 fully saturated rings. The molecule has 0 aromatic carbocycles. The second-order valence-corrected chi connectivity index (χ2v) is 5.54. The highest BCUT2D eigenvalue weighted by Crippen LogP contribution is 2.07. The normalized spacial score (nSPS) is 10.0. The van der Waals surface area contributed by atoms with Gasteiger partial charge in [-0.3, -0.25) is 0 Å². The van der Waals surface area contributed by atoms with Gasteiger partial charge in [0, 0.05) is 0 Å². The van der Waals surface area contributed by atoms with Crippen molar-refractivity contribution in [3.8, 4) is 0 Å². The van der Waals surface area contributed by atoms with Crippen LogP contribution in [0.3, 0.4) is 0 Å². The SMILES string of the molecule is CCCCCCCC.CCCCCCCCCC. The molecular formula is C18H40. The van der Waals surface area contributed by atoms with E-state index < -0.39 is 0 Å². The van der Waals surface area contributed by atoms with E-state index in [-0.39, 0.29) is 0 Å². The molecule has 0 heteroatoms. The Labute approximate surface area is 118 Å². The van der Waals surface area contributed by atoms with Crippen LogP contribution in [0, 0.1) is 0 Å². The molecule has 0 radical (unpaired) electrons. The zero-order chi connectivity index (χ0) is 13.9. The largest absolute Gasteiger partial charge is 0.0654 e. The van der Waals surface area contributed by atoms with Gasteiger partial charge in [-0.15, -0.1) is 0 Å². The van der Waals surface area contributed by atoms with Crippen molar-refractivity contribution in [1.82, 2.24) is 0 Å². The molecule has 0 saturated carbocycles. The maximum Gasteiger partial charge on any atom is -0.0533 e. The summed E-state index contributed by atoms with van der Waals surface area (Å²) in [4.78, 5) is 0. The van der Waals surface area contributed by atoms with E-state index in [0.29, 0.717) is 0 Å². The fourth-order valence-electron chi connectivity index (χ4n) is 2.06. The van der Waals surface area contributed by atoms with Crippen molar-refractivity contribution in [2.24, 2.45) is 0 Å². The molecule has 0 heterocycles. The molecule has 0 aliphatic carbocycles. The van der Waals surface area contributed by atoms with E-state index in [1.165, 1.54) is 89.9 Å². The number of rotatable bonds is 12. The summed E-state index contributed by atoms with van der Waals surface area (Å²) in [6.07, 6.45) is 19.9. The lowest BCUT2D eigenvalue weighted by Crippen LogP contribution is -1.77. The Morgan fingerprint density at radius 2 is 0.444 bits per heavy atom. The Balaban J connectivity index is 0. The molecule has 18 heavy (non-hydrogen) atoms. The van der Waals surface area contributed by atoms with Gasteiger partial charge < -0.3 is 0 Å². The summed E-state index contributed by atoms with van der Waals surface area (Å²) in [7, 11) is 0. The van der Waals surface area contributed by atoms with Crippen LogP contribution in [0.4, 0.5) is 0 Å². The van der Waals surface area contributed by atoms with Gasteiger partial charge >= 0.3 is 0 Å². The molecule has 112 valence electrons. The zero-order valence-corrected chi connectivity index (χ0v) is 13.9. The fraction of sp³-hybridized carbons (Fsp3) is 1.00. The molecule has 0 aliphatic rings. The van der Waals surface area contributed by atoms with Gasteiger partial charge in [-0.05, 0) is 0 Å². The van der Waals surface area contributed by atoms with Crippen LogP contribution in [0.5, 0.6) is 0 Å². The van der Waals surface area contributed by atoms with Gasteiger partial charge in [0.25, 0.3) is 0 Å². The number of hydrogen-bond donors (Lipinski definition) is 0. The average Bonchev–Trinajstić information content (AvgIpc) is 2.40. The van der Waals surface area contributed by atoms with Crippen LogP contribution >= 0.6 is 0 Å². The summed E-state index contributed by atoms with van der Waals surface area (Å²) in [5, 5.41) is 0. The lowest BCUT2D eigenvalue weighted by atomic mass is 10.1. The summed E-state index contributed by atoms with van der Waals surface area (Å²) in [5.74, 6) is 0. The second-order valence-electron chi connectivity index (χ2n) is 5.54. The van der Waals surface area contributed by atoms with E-state index in [0.717, 1.165) is 0 Å². The highest BCUT2D eigenvalue weighted by molar-refractivity contribution is 4.43. The Morgan fingerprint density at radius 1 is 0.278 bits per heavy atom. The standard InChI is InChI=1S/C10H22.C8H18/c1-3-5-7-9-10-8-6-4-2;1-3-5-7-8-6-4-2/h3-10H2,1-2H3;3-8H2,1-2H3. The van der Waals surface area contributed by atoms with Gasteiger partial charge in [0.15, 0.2) is 0 Å². The summed E-state index contributed by atoms with van der Waals surface area (Å²) < 4.78 is 0. The van der Waals surface area contributed by atoms with Crippen LogP contribution in [0.25, 0.3) is 0 Å². The first-order valence-corrected chi connectivity index (χ1v) is 8.83. The Morgan fingerprint density at radius 3 is 0.611 bits per heavy atom. The van der Waals surface area contributed by atoms with Crippen molar-refractivity contribution in [2.45, 2.75) is 118 Å². The van der Waals surface area contributed by atoms with Crippen LogP contribution in [0.2, 0.25) is 0 Å². The van der Waals surface area contributed by atoms with Crippen molar-refractivity contribution in [2.75, 3.05) is 0 Å². The first-order chi connectivity index (χ1) is 8.83. The molecule has 0 rings (SSSR count). The van der Waals surface area contributed by atoms with E-state index in [4.69, 9.17) is 0 Å². The third-order valence-electron chi connectivity index (χ3n) is 3.41. The van der Waals surface area contributed by atoms with E-state index in [9.17, 15) is 0 Å². The van der Waals surface area contributed by atoms with Crippen molar-refractivity contribution >= 4 is 0 Å². The maximum absolute atomic E-state index is 2.27. The first-order valence-electron chi connectivity index (χ1n) is 8.83. The van der Waals surface area contributed by atoms with Crippen LogP contribution in [0.15, 0.2) is 0 Å². The van der Waals surface area contributed by atoms with E-state index in [1.807, 2.05) is 0 Å². The zero-order valence-electron chi connectivity index (χ0n) is 13.9. The minimum atomic E-state index is 1.36. The fourth-order valence-corrected chi connectivity index (χ4v) is 2.06. The number of hydrogen-bond acceptors (Lipinski definition) is 0. The molecule has 0 aromatic heterocycles. The minimum absolute atomic E-state index is 1.36. The van der Waals surface area contributed by atoms with Crippen molar-refractivity contribution in [3.05, 3.63) is 0 Å². The molecule has 0 saturated heterocycles. The summed E-state index contributed by atoms with van der Waals surface area (Å²) in [6.45, 7) is 9.05. The van der Waals surface area contributed by atoms with Crippen LogP contribution in [-0.4, -0.2) is 0 Å². The second kappa shape index (κ2) is 22.2. The maximum atomic E-state index is 2.27. The monoisotopic (exact) mass is 256 g/mol. The molecule has 0 bridgehead atoms. The molecule has 0 N–H and O–H groups in total. The van der Waals surface area contributed by atoms with Gasteiger partial charge in [0.2, 0.25) is 0 Å². The van der Waals surface area contributed by atoms with Gasteiger partial charge in [0.05, 0.1) is 0 Å². The van der Waals surface area contributed by atoms with Crippen LogP contribution < -0.4 is 0 Å². The smallest absolute Gasteiger partial charge is 0.0533 e. The molecule has 0 aliphatic heterocycles. The van der Waals surface area contributed by atoms with E-state index in [2.05, 4.69) is 27.7 Å². The molecule has 0 spiro atoms. The molecule has 0 nitrogen and oxygen atoms in total. The van der Waals surface area contributed by atoms with Crippen LogP contribution in [-0.2, 0) is 0 Å². The van der Waals surface area contributed by atoms with E-state index >= 15 is 0 Å². The highest BCUT2D eigenvalue weighted by atomic mass is 13.9. The van der Waals surface area contributed by atoms with Gasteiger partial charge in [-0.1, -0.05) is 118 Å². The summed E-state index contributed by atoms with van der Waals surface area (Å²) in [5.41, 5.74) is 0. The molecule has 0 atom stereocenters. The molecule has 0 aromatic rings. The Bertz CT molecular complexity index is 92.6. The Kier molecular flexibility index (Phi) is 25.1. The lowest BCUT2D eigenvalue weighted by Gasteiger charge is -1.97. The van der Waals surface area contributed by atoms with Gasteiger partial charge in [0.1, 0.15) is 0 Å². The predicted octanol–water partition coefficient (Wildman–Crippen LogP) is 7.51. The number of unbranched alkanes of at least 4 members (excludes halogenated alkanes) is 12. The highest BCUT2D eigenvalue weighted by Gasteiger charge is 1.87. The van der Waals surface area contributed by atoms with Crippen molar-refractivity contribution in [3.63, 3.8) is 0 Å². The lowest BCUT2D eigenvalue weighted by molar-refractivity contribution is 0.585. The average molecular weight is 257 g/mol. The molecule has 0 unspecified atom stereocenters. The van der Waals surface area contributed by atoms with E-state index in [1.54, 1.807) is 0 Å². The van der Waals surface area contributed by atoms with Gasteiger partial charge in [-0.25, -0.2) is 0 Å². The van der Waals surface area contributed by atoms with Gasteiger partial charge in [-0.2, -0.15) is 0 Å². The predicted molar refractivity (Wildman–Crippen MR) is 87.3 cm³/mol.